The lowest BCUT2D eigenvalue weighted by Crippen LogP contribution is -2.33. The SMILES string of the molecule is C=C(CN(C)CCC(O)c1ccccc1)[C@H]1CC[C@H](C)C[C@@H]1O. The lowest BCUT2D eigenvalue weighted by Gasteiger charge is -2.34. The molecule has 1 aliphatic rings. The molecule has 0 saturated heterocycles. The number of rotatable bonds is 7. The van der Waals surface area contributed by atoms with Gasteiger partial charge in [-0.1, -0.05) is 49.4 Å². The van der Waals surface area contributed by atoms with Crippen LogP contribution in [0.3, 0.4) is 0 Å². The zero-order valence-electron chi connectivity index (χ0n) is 14.5. The van der Waals surface area contributed by atoms with Gasteiger partial charge in [0.25, 0.3) is 0 Å². The summed E-state index contributed by atoms with van der Waals surface area (Å²) in [4.78, 5) is 2.19. The van der Waals surface area contributed by atoms with E-state index in [1.165, 1.54) is 6.42 Å². The third-order valence-corrected chi connectivity index (χ3v) is 5.04. The van der Waals surface area contributed by atoms with E-state index in [4.69, 9.17) is 0 Å². The molecule has 2 N–H and O–H groups in total. The van der Waals surface area contributed by atoms with Gasteiger partial charge in [-0.25, -0.2) is 0 Å². The molecule has 0 aromatic heterocycles. The van der Waals surface area contributed by atoms with Gasteiger partial charge in [-0.3, -0.25) is 0 Å². The van der Waals surface area contributed by atoms with Gasteiger partial charge in [0.05, 0.1) is 12.2 Å². The molecule has 1 aromatic carbocycles. The average molecular weight is 317 g/mol. The Hall–Kier alpha value is -1.16. The number of aliphatic hydroxyl groups excluding tert-OH is 2. The van der Waals surface area contributed by atoms with Crippen molar-refractivity contribution in [3.63, 3.8) is 0 Å². The molecule has 2 rings (SSSR count). The largest absolute Gasteiger partial charge is 0.392 e. The molecule has 4 atom stereocenters. The summed E-state index contributed by atoms with van der Waals surface area (Å²) in [6.07, 6.45) is 3.15. The second-order valence-corrected chi connectivity index (χ2v) is 7.20. The first kappa shape index (κ1) is 18.2. The van der Waals surface area contributed by atoms with Crippen molar-refractivity contribution in [3.8, 4) is 0 Å². The second kappa shape index (κ2) is 8.62. The summed E-state index contributed by atoms with van der Waals surface area (Å²) in [6, 6.07) is 9.79. The highest BCUT2D eigenvalue weighted by atomic mass is 16.3. The fourth-order valence-corrected chi connectivity index (χ4v) is 3.55. The molecule has 1 fully saturated rings. The van der Waals surface area contributed by atoms with Crippen molar-refractivity contribution < 1.29 is 10.2 Å². The van der Waals surface area contributed by atoms with Crippen LogP contribution < -0.4 is 0 Å². The van der Waals surface area contributed by atoms with Crippen LogP contribution >= 0.6 is 0 Å². The van der Waals surface area contributed by atoms with Gasteiger partial charge in [0.1, 0.15) is 0 Å². The van der Waals surface area contributed by atoms with E-state index in [1.807, 2.05) is 30.3 Å². The second-order valence-electron chi connectivity index (χ2n) is 7.20. The van der Waals surface area contributed by atoms with Crippen molar-refractivity contribution in [2.45, 2.75) is 44.8 Å². The molecule has 0 radical (unpaired) electrons. The number of benzene rings is 1. The third-order valence-electron chi connectivity index (χ3n) is 5.04. The fraction of sp³-hybridized carbons (Fsp3) is 0.600. The standard InChI is InChI=1S/C20H31NO2/c1-15-9-10-18(20(23)13-15)16(2)14-21(3)12-11-19(22)17-7-5-4-6-8-17/h4-8,15,18-20,22-23H,2,9-14H2,1,3H3/t15-,18+,19?,20-/m0/s1. The average Bonchev–Trinajstić information content (AvgIpc) is 2.53. The number of hydrogen-bond donors (Lipinski definition) is 2. The van der Waals surface area contributed by atoms with E-state index in [1.54, 1.807) is 0 Å². The minimum atomic E-state index is -0.423. The van der Waals surface area contributed by atoms with E-state index >= 15 is 0 Å². The maximum absolute atomic E-state index is 10.3. The van der Waals surface area contributed by atoms with Crippen LogP contribution in [0.5, 0.6) is 0 Å². The van der Waals surface area contributed by atoms with Crippen LogP contribution in [0, 0.1) is 11.8 Å². The first-order valence-corrected chi connectivity index (χ1v) is 8.74. The Balaban J connectivity index is 1.76. The number of nitrogens with zero attached hydrogens (tertiary/aromatic N) is 1. The molecule has 3 heteroatoms. The molecule has 3 nitrogen and oxygen atoms in total. The lowest BCUT2D eigenvalue weighted by atomic mass is 9.77. The van der Waals surface area contributed by atoms with Crippen molar-refractivity contribution in [1.82, 2.24) is 4.90 Å². The molecular weight excluding hydrogens is 286 g/mol. The molecule has 23 heavy (non-hydrogen) atoms. The summed E-state index contributed by atoms with van der Waals surface area (Å²) >= 11 is 0. The topological polar surface area (TPSA) is 43.7 Å². The Morgan fingerprint density at radius 3 is 2.65 bits per heavy atom. The predicted octanol–water partition coefficient (Wildman–Crippen LogP) is 3.40. The van der Waals surface area contributed by atoms with Crippen LogP contribution in [0.2, 0.25) is 0 Å². The molecule has 128 valence electrons. The van der Waals surface area contributed by atoms with Crippen molar-refractivity contribution in [1.29, 1.82) is 0 Å². The summed E-state index contributed by atoms with van der Waals surface area (Å²) in [6.45, 7) is 8.03. The Kier molecular flexibility index (Phi) is 6.82. The van der Waals surface area contributed by atoms with E-state index in [0.717, 1.165) is 37.1 Å². The van der Waals surface area contributed by atoms with Crippen LogP contribution in [0.4, 0.5) is 0 Å². The molecule has 1 saturated carbocycles. The van der Waals surface area contributed by atoms with Crippen molar-refractivity contribution >= 4 is 0 Å². The predicted molar refractivity (Wildman–Crippen MR) is 95.2 cm³/mol. The zero-order valence-corrected chi connectivity index (χ0v) is 14.5. The Morgan fingerprint density at radius 2 is 2.00 bits per heavy atom. The van der Waals surface area contributed by atoms with Crippen LogP contribution in [0.1, 0.15) is 44.3 Å². The smallest absolute Gasteiger partial charge is 0.0802 e. The van der Waals surface area contributed by atoms with Crippen LogP contribution in [0.15, 0.2) is 42.5 Å². The first-order chi connectivity index (χ1) is 11.0. The normalized spacial score (nSPS) is 26.2. The molecule has 0 amide bonds. The van der Waals surface area contributed by atoms with Crippen LogP contribution in [0.25, 0.3) is 0 Å². The molecule has 1 unspecified atom stereocenters. The Morgan fingerprint density at radius 1 is 1.30 bits per heavy atom. The highest BCUT2D eigenvalue weighted by molar-refractivity contribution is 5.17. The quantitative estimate of drug-likeness (QED) is 0.758. The van der Waals surface area contributed by atoms with E-state index < -0.39 is 6.10 Å². The summed E-state index contributed by atoms with van der Waals surface area (Å²) in [5.41, 5.74) is 2.09. The third kappa shape index (κ3) is 5.45. The maximum Gasteiger partial charge on any atom is 0.0802 e. The lowest BCUT2D eigenvalue weighted by molar-refractivity contribution is 0.0620. The van der Waals surface area contributed by atoms with E-state index in [-0.39, 0.29) is 12.0 Å². The highest BCUT2D eigenvalue weighted by Gasteiger charge is 2.29. The fourth-order valence-electron chi connectivity index (χ4n) is 3.55. The van der Waals surface area contributed by atoms with Gasteiger partial charge in [0, 0.05) is 19.0 Å². The summed E-state index contributed by atoms with van der Waals surface area (Å²) in [7, 11) is 2.06. The molecular formula is C20H31NO2. The number of hydrogen-bond acceptors (Lipinski definition) is 3. The number of aliphatic hydroxyl groups is 2. The summed E-state index contributed by atoms with van der Waals surface area (Å²) in [5.74, 6) is 0.848. The van der Waals surface area contributed by atoms with Crippen molar-refractivity contribution in [2.75, 3.05) is 20.1 Å². The van der Waals surface area contributed by atoms with Crippen molar-refractivity contribution in [3.05, 3.63) is 48.0 Å². The first-order valence-electron chi connectivity index (χ1n) is 8.74. The molecule has 0 spiro atoms. The van der Waals surface area contributed by atoms with Crippen molar-refractivity contribution in [2.24, 2.45) is 11.8 Å². The van der Waals surface area contributed by atoms with Gasteiger partial charge in [-0.15, -0.1) is 0 Å². The van der Waals surface area contributed by atoms with Gasteiger partial charge in [0.2, 0.25) is 0 Å². The minimum Gasteiger partial charge on any atom is -0.392 e. The van der Waals surface area contributed by atoms with Gasteiger partial charge < -0.3 is 15.1 Å². The molecule has 0 bridgehead atoms. The molecule has 0 aliphatic heterocycles. The van der Waals surface area contributed by atoms with Crippen LogP contribution in [-0.4, -0.2) is 41.4 Å². The number of likely N-dealkylation sites (N-methyl/N-ethyl adjacent to an activating group) is 1. The van der Waals surface area contributed by atoms with Gasteiger partial charge >= 0.3 is 0 Å². The van der Waals surface area contributed by atoms with Crippen LogP contribution in [-0.2, 0) is 0 Å². The van der Waals surface area contributed by atoms with Gasteiger partial charge in [-0.2, -0.15) is 0 Å². The van der Waals surface area contributed by atoms with E-state index in [0.29, 0.717) is 12.3 Å². The minimum absolute atomic E-state index is 0.229. The van der Waals surface area contributed by atoms with Gasteiger partial charge in [-0.05, 0) is 44.2 Å². The monoisotopic (exact) mass is 317 g/mol. The molecule has 0 heterocycles. The molecule has 1 aliphatic carbocycles. The van der Waals surface area contributed by atoms with Gasteiger partial charge in [0.15, 0.2) is 0 Å². The Bertz CT molecular complexity index is 488. The maximum atomic E-state index is 10.3. The van der Waals surface area contributed by atoms with E-state index in [2.05, 4.69) is 25.5 Å². The van der Waals surface area contributed by atoms with E-state index in [9.17, 15) is 10.2 Å². The highest BCUT2D eigenvalue weighted by Crippen LogP contribution is 2.33. The Labute approximate surface area is 140 Å². The summed E-state index contributed by atoms with van der Waals surface area (Å²) < 4.78 is 0. The zero-order chi connectivity index (χ0) is 16.8. The molecule has 1 aromatic rings. The summed E-state index contributed by atoms with van der Waals surface area (Å²) in [5, 5.41) is 20.5.